The second kappa shape index (κ2) is 6.18. The summed E-state index contributed by atoms with van der Waals surface area (Å²) < 4.78 is 0. The fraction of sp³-hybridized carbons (Fsp3) is 0.600. The molecule has 0 aromatic heterocycles. The van der Waals surface area contributed by atoms with E-state index in [4.69, 9.17) is 5.73 Å². The molecule has 1 aromatic rings. The number of benzene rings is 1. The van der Waals surface area contributed by atoms with Crippen molar-refractivity contribution < 1.29 is 0 Å². The molecular formula is C15H26N2. The number of hydrogen-bond donors (Lipinski definition) is 1. The van der Waals surface area contributed by atoms with Crippen molar-refractivity contribution in [2.24, 2.45) is 5.73 Å². The molecule has 0 amide bonds. The fourth-order valence-electron chi connectivity index (χ4n) is 2.10. The Hall–Kier alpha value is -0.860. The number of nitrogens with zero attached hydrogens (tertiary/aromatic N) is 1. The van der Waals surface area contributed by atoms with Crippen LogP contribution in [-0.4, -0.2) is 25.0 Å². The van der Waals surface area contributed by atoms with Crippen LogP contribution >= 0.6 is 0 Å². The van der Waals surface area contributed by atoms with Gasteiger partial charge in [-0.3, -0.25) is 0 Å². The van der Waals surface area contributed by atoms with E-state index >= 15 is 0 Å². The summed E-state index contributed by atoms with van der Waals surface area (Å²) in [6, 6.07) is 9.59. The first kappa shape index (κ1) is 14.2. The lowest BCUT2D eigenvalue weighted by molar-refractivity contribution is 0.272. The van der Waals surface area contributed by atoms with Crippen molar-refractivity contribution in [2.75, 3.05) is 14.1 Å². The molecule has 1 aromatic carbocycles. The summed E-state index contributed by atoms with van der Waals surface area (Å²) in [5.74, 6) is 0.593. The molecule has 0 spiro atoms. The molecule has 0 radical (unpaired) electrons. The average molecular weight is 234 g/mol. The zero-order valence-electron chi connectivity index (χ0n) is 11.8. The quantitative estimate of drug-likeness (QED) is 0.848. The highest BCUT2D eigenvalue weighted by atomic mass is 15.1. The highest BCUT2D eigenvalue weighted by molar-refractivity contribution is 5.27. The van der Waals surface area contributed by atoms with Gasteiger partial charge in [-0.15, -0.1) is 0 Å². The molecule has 2 heteroatoms. The van der Waals surface area contributed by atoms with Gasteiger partial charge in [0.25, 0.3) is 0 Å². The van der Waals surface area contributed by atoms with Crippen LogP contribution < -0.4 is 5.73 Å². The predicted octanol–water partition coefficient (Wildman–Crippen LogP) is 3.15. The summed E-state index contributed by atoms with van der Waals surface area (Å²) in [7, 11) is 4.23. The lowest BCUT2D eigenvalue weighted by Crippen LogP contribution is -2.27. The third kappa shape index (κ3) is 4.14. The van der Waals surface area contributed by atoms with Gasteiger partial charge in [0.1, 0.15) is 0 Å². The lowest BCUT2D eigenvalue weighted by atomic mass is 9.95. The van der Waals surface area contributed by atoms with Gasteiger partial charge in [-0.25, -0.2) is 0 Å². The van der Waals surface area contributed by atoms with Gasteiger partial charge in [-0.2, -0.15) is 0 Å². The van der Waals surface area contributed by atoms with Crippen LogP contribution in [0.3, 0.4) is 0 Å². The molecule has 0 aliphatic rings. The van der Waals surface area contributed by atoms with Crippen LogP contribution in [0.1, 0.15) is 50.3 Å². The molecule has 0 aliphatic carbocycles. The van der Waals surface area contributed by atoms with Gasteiger partial charge in [-0.05, 0) is 44.5 Å². The van der Waals surface area contributed by atoms with Crippen molar-refractivity contribution >= 4 is 0 Å². The van der Waals surface area contributed by atoms with Crippen LogP contribution in [0, 0.1) is 0 Å². The number of rotatable bonds is 5. The summed E-state index contributed by atoms with van der Waals surface area (Å²) >= 11 is 0. The molecule has 0 saturated carbocycles. The SMILES string of the molecule is CC(N)CC(c1ccc(C(C)C)cc1)N(C)C. The monoisotopic (exact) mass is 234 g/mol. The predicted molar refractivity (Wildman–Crippen MR) is 75.2 cm³/mol. The third-order valence-corrected chi connectivity index (χ3v) is 3.21. The Balaban J connectivity index is 2.87. The van der Waals surface area contributed by atoms with Crippen molar-refractivity contribution in [1.29, 1.82) is 0 Å². The zero-order chi connectivity index (χ0) is 13.0. The molecule has 0 heterocycles. The summed E-state index contributed by atoms with van der Waals surface area (Å²) in [6.07, 6.45) is 0.994. The van der Waals surface area contributed by atoms with E-state index in [0.717, 1.165) is 6.42 Å². The molecular weight excluding hydrogens is 208 g/mol. The molecule has 96 valence electrons. The first-order chi connectivity index (χ1) is 7.91. The molecule has 2 N–H and O–H groups in total. The van der Waals surface area contributed by atoms with Crippen LogP contribution in [0.25, 0.3) is 0 Å². The van der Waals surface area contributed by atoms with Crippen molar-refractivity contribution in [1.82, 2.24) is 4.90 Å². The maximum atomic E-state index is 5.92. The molecule has 17 heavy (non-hydrogen) atoms. The van der Waals surface area contributed by atoms with Crippen LogP contribution in [0.15, 0.2) is 24.3 Å². The van der Waals surface area contributed by atoms with Gasteiger partial charge < -0.3 is 10.6 Å². The van der Waals surface area contributed by atoms with E-state index in [-0.39, 0.29) is 6.04 Å². The number of hydrogen-bond acceptors (Lipinski definition) is 2. The lowest BCUT2D eigenvalue weighted by Gasteiger charge is -2.26. The third-order valence-electron chi connectivity index (χ3n) is 3.21. The Morgan fingerprint density at radius 2 is 1.47 bits per heavy atom. The van der Waals surface area contributed by atoms with E-state index in [2.05, 4.69) is 64.0 Å². The Bertz CT molecular complexity index is 325. The molecule has 0 aliphatic heterocycles. The Morgan fingerprint density at radius 1 is 1.00 bits per heavy atom. The van der Waals surface area contributed by atoms with Gasteiger partial charge in [0.15, 0.2) is 0 Å². The Morgan fingerprint density at radius 3 is 1.82 bits per heavy atom. The Kier molecular flexibility index (Phi) is 5.16. The minimum atomic E-state index is 0.229. The van der Waals surface area contributed by atoms with Gasteiger partial charge in [0.05, 0.1) is 0 Å². The normalized spacial score (nSPS) is 15.3. The van der Waals surface area contributed by atoms with Crippen molar-refractivity contribution in [3.63, 3.8) is 0 Å². The molecule has 2 atom stereocenters. The summed E-state index contributed by atoms with van der Waals surface area (Å²) in [5, 5.41) is 0. The summed E-state index contributed by atoms with van der Waals surface area (Å²) in [4.78, 5) is 2.24. The average Bonchev–Trinajstić information content (AvgIpc) is 2.25. The van der Waals surface area contributed by atoms with Crippen LogP contribution in [0.2, 0.25) is 0 Å². The summed E-state index contributed by atoms with van der Waals surface area (Å²) in [6.45, 7) is 6.51. The molecule has 0 saturated heterocycles. The van der Waals surface area contributed by atoms with E-state index in [9.17, 15) is 0 Å². The van der Waals surface area contributed by atoms with Crippen LogP contribution in [-0.2, 0) is 0 Å². The van der Waals surface area contributed by atoms with Crippen LogP contribution in [0.5, 0.6) is 0 Å². The Labute approximate surface area is 106 Å². The van der Waals surface area contributed by atoms with Crippen LogP contribution in [0.4, 0.5) is 0 Å². The van der Waals surface area contributed by atoms with Gasteiger partial charge in [0, 0.05) is 12.1 Å². The van der Waals surface area contributed by atoms with E-state index in [1.165, 1.54) is 11.1 Å². The highest BCUT2D eigenvalue weighted by Crippen LogP contribution is 2.25. The first-order valence-electron chi connectivity index (χ1n) is 6.43. The topological polar surface area (TPSA) is 29.3 Å². The van der Waals surface area contributed by atoms with Gasteiger partial charge in [0.2, 0.25) is 0 Å². The van der Waals surface area contributed by atoms with E-state index < -0.39 is 0 Å². The maximum Gasteiger partial charge on any atom is 0.0356 e. The van der Waals surface area contributed by atoms with Gasteiger partial charge >= 0.3 is 0 Å². The van der Waals surface area contributed by atoms with Gasteiger partial charge in [-0.1, -0.05) is 38.1 Å². The highest BCUT2D eigenvalue weighted by Gasteiger charge is 2.15. The molecule has 1 rings (SSSR count). The smallest absolute Gasteiger partial charge is 0.0356 e. The largest absolute Gasteiger partial charge is 0.328 e. The summed E-state index contributed by atoms with van der Waals surface area (Å²) in [5.41, 5.74) is 8.67. The molecule has 2 unspecified atom stereocenters. The van der Waals surface area contributed by atoms with Crippen molar-refractivity contribution in [2.45, 2.75) is 45.2 Å². The maximum absolute atomic E-state index is 5.92. The fourth-order valence-corrected chi connectivity index (χ4v) is 2.10. The zero-order valence-corrected chi connectivity index (χ0v) is 11.8. The van der Waals surface area contributed by atoms with E-state index in [0.29, 0.717) is 12.0 Å². The second-order valence-electron chi connectivity index (χ2n) is 5.51. The second-order valence-corrected chi connectivity index (χ2v) is 5.51. The standard InChI is InChI=1S/C15H26N2/c1-11(2)13-6-8-14(9-7-13)15(17(4)5)10-12(3)16/h6-9,11-12,15H,10,16H2,1-5H3. The van der Waals surface area contributed by atoms with E-state index in [1.54, 1.807) is 0 Å². The van der Waals surface area contributed by atoms with Crippen molar-refractivity contribution in [3.05, 3.63) is 35.4 Å². The first-order valence-corrected chi connectivity index (χ1v) is 6.43. The molecule has 2 nitrogen and oxygen atoms in total. The molecule has 0 fully saturated rings. The van der Waals surface area contributed by atoms with Crippen molar-refractivity contribution in [3.8, 4) is 0 Å². The minimum absolute atomic E-state index is 0.229. The van der Waals surface area contributed by atoms with E-state index in [1.807, 2.05) is 0 Å². The molecule has 0 bridgehead atoms. The minimum Gasteiger partial charge on any atom is -0.328 e. The number of nitrogens with two attached hydrogens (primary N) is 1.